The van der Waals surface area contributed by atoms with Crippen LogP contribution < -0.4 is 0 Å². The van der Waals surface area contributed by atoms with Crippen LogP contribution in [0.5, 0.6) is 0 Å². The van der Waals surface area contributed by atoms with E-state index >= 15 is 0 Å². The molecule has 0 fully saturated rings. The Morgan fingerprint density at radius 2 is 2.13 bits per heavy atom. The first-order valence-electron chi connectivity index (χ1n) is 4.76. The van der Waals surface area contributed by atoms with Crippen LogP contribution in [0.1, 0.15) is 28.8 Å². The van der Waals surface area contributed by atoms with Gasteiger partial charge in [-0.1, -0.05) is 21.1 Å². The van der Waals surface area contributed by atoms with Gasteiger partial charge in [-0.2, -0.15) is 0 Å². The maximum Gasteiger partial charge on any atom is 0.210 e. The van der Waals surface area contributed by atoms with Crippen LogP contribution in [0.4, 0.5) is 0 Å². The van der Waals surface area contributed by atoms with Crippen LogP contribution in [0.2, 0.25) is 0 Å². The Kier molecular flexibility index (Phi) is 2.86. The minimum absolute atomic E-state index is 0.155. The number of Topliss-reactive ketones (excluding diaryl/α,β-unsaturated/α-hetero) is 1. The lowest BCUT2D eigenvalue weighted by Crippen LogP contribution is -2.13. The summed E-state index contributed by atoms with van der Waals surface area (Å²) in [6.45, 7) is 0. The molecule has 1 aromatic rings. The van der Waals surface area contributed by atoms with E-state index in [-0.39, 0.29) is 11.5 Å². The van der Waals surface area contributed by atoms with Crippen LogP contribution in [-0.2, 0) is 6.42 Å². The summed E-state index contributed by atoms with van der Waals surface area (Å²) in [6.07, 6.45) is 2.23. The number of oxime groups is 1. The van der Waals surface area contributed by atoms with Crippen LogP contribution >= 0.6 is 15.9 Å². The van der Waals surface area contributed by atoms with Crippen molar-refractivity contribution in [1.29, 1.82) is 0 Å². The van der Waals surface area contributed by atoms with Crippen molar-refractivity contribution in [3.05, 3.63) is 33.8 Å². The quantitative estimate of drug-likeness (QED) is 0.447. The highest BCUT2D eigenvalue weighted by atomic mass is 79.9. The molecule has 1 aromatic carbocycles. The zero-order chi connectivity index (χ0) is 10.8. The van der Waals surface area contributed by atoms with E-state index in [1.54, 1.807) is 6.07 Å². The van der Waals surface area contributed by atoms with E-state index in [4.69, 9.17) is 5.21 Å². The van der Waals surface area contributed by atoms with Gasteiger partial charge in [0.1, 0.15) is 5.71 Å². The van der Waals surface area contributed by atoms with Crippen molar-refractivity contribution in [1.82, 2.24) is 0 Å². The maximum absolute atomic E-state index is 11.9. The van der Waals surface area contributed by atoms with Gasteiger partial charge < -0.3 is 5.21 Å². The number of ketones is 1. The summed E-state index contributed by atoms with van der Waals surface area (Å²) >= 11 is 3.38. The lowest BCUT2D eigenvalue weighted by molar-refractivity contribution is 0.106. The number of fused-ring (bicyclic) bond motifs is 1. The van der Waals surface area contributed by atoms with Crippen molar-refractivity contribution in [2.75, 3.05) is 0 Å². The summed E-state index contributed by atoms with van der Waals surface area (Å²) < 4.78 is 0.971. The van der Waals surface area contributed by atoms with E-state index in [2.05, 4.69) is 21.1 Å². The zero-order valence-electron chi connectivity index (χ0n) is 8.03. The predicted molar refractivity (Wildman–Crippen MR) is 60.6 cm³/mol. The second-order valence-corrected chi connectivity index (χ2v) is 4.45. The molecule has 0 amide bonds. The lowest BCUT2D eigenvalue weighted by atomic mass is 10.0. The molecule has 0 unspecified atom stereocenters. The molecule has 0 aromatic heterocycles. The highest BCUT2D eigenvalue weighted by molar-refractivity contribution is 9.10. The summed E-state index contributed by atoms with van der Waals surface area (Å²) in [6, 6.07) is 5.56. The van der Waals surface area contributed by atoms with Crippen LogP contribution in [0.3, 0.4) is 0 Å². The van der Waals surface area contributed by atoms with Gasteiger partial charge in [-0.05, 0) is 43.0 Å². The van der Waals surface area contributed by atoms with E-state index in [9.17, 15) is 4.79 Å². The maximum atomic E-state index is 11.9. The minimum Gasteiger partial charge on any atom is -0.411 e. The van der Waals surface area contributed by atoms with Crippen LogP contribution in [0, 0.1) is 0 Å². The Morgan fingerprint density at radius 3 is 2.87 bits per heavy atom. The molecule has 1 N–H and O–H groups in total. The molecule has 15 heavy (non-hydrogen) atoms. The molecule has 0 atom stereocenters. The normalized spacial score (nSPS) is 18.7. The molecule has 3 nitrogen and oxygen atoms in total. The van der Waals surface area contributed by atoms with Gasteiger partial charge in [0.05, 0.1) is 0 Å². The van der Waals surface area contributed by atoms with Crippen molar-refractivity contribution < 1.29 is 10.0 Å². The van der Waals surface area contributed by atoms with E-state index in [1.807, 2.05) is 12.1 Å². The third-order valence-electron chi connectivity index (χ3n) is 2.55. The van der Waals surface area contributed by atoms with Gasteiger partial charge in [-0.3, -0.25) is 4.79 Å². The molecule has 0 bridgehead atoms. The fourth-order valence-corrected chi connectivity index (χ4v) is 2.21. The Bertz CT molecular complexity index is 440. The molecular formula is C11H10BrNO2. The minimum atomic E-state index is -0.155. The SMILES string of the molecule is O=C1C(=NO)CCCc2cc(Br)ccc21. The Morgan fingerprint density at radius 1 is 1.33 bits per heavy atom. The first-order chi connectivity index (χ1) is 7.22. The highest BCUT2D eigenvalue weighted by Crippen LogP contribution is 2.23. The van der Waals surface area contributed by atoms with Gasteiger partial charge in [0, 0.05) is 10.0 Å². The smallest absolute Gasteiger partial charge is 0.210 e. The molecular weight excluding hydrogens is 258 g/mol. The van der Waals surface area contributed by atoms with Crippen molar-refractivity contribution in [3.63, 3.8) is 0 Å². The number of carbonyl (C=O) groups excluding carboxylic acids is 1. The molecule has 1 aliphatic rings. The fraction of sp³-hybridized carbons (Fsp3) is 0.273. The van der Waals surface area contributed by atoms with Gasteiger partial charge in [-0.25, -0.2) is 0 Å². The van der Waals surface area contributed by atoms with Gasteiger partial charge in [-0.15, -0.1) is 0 Å². The van der Waals surface area contributed by atoms with Crippen LogP contribution in [0.15, 0.2) is 27.8 Å². The largest absolute Gasteiger partial charge is 0.411 e. The number of halogens is 1. The predicted octanol–water partition coefficient (Wildman–Crippen LogP) is 2.80. The number of benzene rings is 1. The molecule has 0 saturated heterocycles. The number of aryl methyl sites for hydroxylation is 1. The summed E-state index contributed by atoms with van der Waals surface area (Å²) in [5.41, 5.74) is 1.94. The van der Waals surface area contributed by atoms with E-state index in [0.29, 0.717) is 12.0 Å². The Hall–Kier alpha value is -1.16. The summed E-state index contributed by atoms with van der Waals surface area (Å²) in [5, 5.41) is 11.8. The second kappa shape index (κ2) is 4.14. The molecule has 4 heteroatoms. The van der Waals surface area contributed by atoms with Crippen LogP contribution in [-0.4, -0.2) is 16.7 Å². The Labute approximate surface area is 95.9 Å². The number of hydrogen-bond donors (Lipinski definition) is 1. The molecule has 0 aliphatic heterocycles. The topological polar surface area (TPSA) is 49.7 Å². The average molecular weight is 268 g/mol. The number of nitrogens with zero attached hydrogens (tertiary/aromatic N) is 1. The van der Waals surface area contributed by atoms with Crippen LogP contribution in [0.25, 0.3) is 0 Å². The number of hydrogen-bond acceptors (Lipinski definition) is 3. The van der Waals surface area contributed by atoms with Crippen molar-refractivity contribution in [3.8, 4) is 0 Å². The van der Waals surface area contributed by atoms with Gasteiger partial charge in [0.15, 0.2) is 0 Å². The third-order valence-corrected chi connectivity index (χ3v) is 3.05. The van der Waals surface area contributed by atoms with Gasteiger partial charge in [0.25, 0.3) is 0 Å². The molecule has 78 valence electrons. The van der Waals surface area contributed by atoms with Crippen molar-refractivity contribution >= 4 is 27.4 Å². The van der Waals surface area contributed by atoms with E-state index in [1.165, 1.54) is 0 Å². The monoisotopic (exact) mass is 267 g/mol. The number of carbonyl (C=O) groups is 1. The second-order valence-electron chi connectivity index (χ2n) is 3.53. The molecule has 0 heterocycles. The molecule has 0 saturated carbocycles. The highest BCUT2D eigenvalue weighted by Gasteiger charge is 2.21. The number of rotatable bonds is 0. The first kappa shape index (κ1) is 10.4. The van der Waals surface area contributed by atoms with E-state index < -0.39 is 0 Å². The van der Waals surface area contributed by atoms with Crippen molar-refractivity contribution in [2.45, 2.75) is 19.3 Å². The van der Waals surface area contributed by atoms with Gasteiger partial charge in [0.2, 0.25) is 5.78 Å². The molecule has 2 rings (SSSR count). The summed E-state index contributed by atoms with van der Waals surface area (Å²) in [7, 11) is 0. The Balaban J connectivity index is 2.52. The van der Waals surface area contributed by atoms with E-state index in [0.717, 1.165) is 22.9 Å². The third kappa shape index (κ3) is 1.95. The van der Waals surface area contributed by atoms with Crippen molar-refractivity contribution in [2.24, 2.45) is 5.16 Å². The summed E-state index contributed by atoms with van der Waals surface area (Å²) in [5.74, 6) is -0.155. The zero-order valence-corrected chi connectivity index (χ0v) is 9.62. The first-order valence-corrected chi connectivity index (χ1v) is 5.55. The van der Waals surface area contributed by atoms with Gasteiger partial charge >= 0.3 is 0 Å². The fourth-order valence-electron chi connectivity index (χ4n) is 1.80. The molecule has 0 radical (unpaired) electrons. The molecule has 1 aliphatic carbocycles. The summed E-state index contributed by atoms with van der Waals surface area (Å²) in [4.78, 5) is 11.9. The average Bonchev–Trinajstić information content (AvgIpc) is 2.37. The molecule has 0 spiro atoms. The standard InChI is InChI=1S/C11H10BrNO2/c12-8-4-5-9-7(6-8)2-1-3-10(13-15)11(9)14/h4-6,15H,1-3H2. The lowest BCUT2D eigenvalue weighted by Gasteiger charge is -2.03.